The standard InChI is InChI=1S/C22H22N4O3S/c27-21(12-17-14-30-22(24-17)18-3-1-2-6-23-18)26-9-7-25(8-10-26)13-16-4-5-19-20(11-16)29-15-28-19/h1-6,11,14H,7-10,12-13,15H2. The van der Waals surface area contributed by atoms with E-state index in [0.717, 1.165) is 60.6 Å². The molecule has 8 heteroatoms. The molecule has 1 saturated heterocycles. The van der Waals surface area contributed by atoms with Crippen molar-refractivity contribution in [2.24, 2.45) is 0 Å². The van der Waals surface area contributed by atoms with Gasteiger partial charge >= 0.3 is 0 Å². The number of carbonyl (C=O) groups excluding carboxylic acids is 1. The minimum absolute atomic E-state index is 0.135. The van der Waals surface area contributed by atoms with Crippen LogP contribution >= 0.6 is 11.3 Å². The lowest BCUT2D eigenvalue weighted by Gasteiger charge is -2.34. The lowest BCUT2D eigenvalue weighted by molar-refractivity contribution is -0.132. The molecule has 154 valence electrons. The normalized spacial score (nSPS) is 16.1. The number of ether oxygens (including phenoxy) is 2. The number of amides is 1. The summed E-state index contributed by atoms with van der Waals surface area (Å²) in [5, 5.41) is 2.81. The van der Waals surface area contributed by atoms with E-state index in [1.165, 1.54) is 16.9 Å². The van der Waals surface area contributed by atoms with Gasteiger partial charge in [-0.1, -0.05) is 12.1 Å². The van der Waals surface area contributed by atoms with Gasteiger partial charge in [-0.05, 0) is 29.8 Å². The van der Waals surface area contributed by atoms with Crippen LogP contribution in [-0.2, 0) is 17.8 Å². The molecule has 7 nitrogen and oxygen atoms in total. The number of fused-ring (bicyclic) bond motifs is 1. The third-order valence-corrected chi connectivity index (χ3v) is 6.25. The molecule has 1 amide bonds. The smallest absolute Gasteiger partial charge is 0.231 e. The molecule has 0 saturated carbocycles. The highest BCUT2D eigenvalue weighted by Gasteiger charge is 2.23. The minimum Gasteiger partial charge on any atom is -0.454 e. The Balaban J connectivity index is 1.13. The molecule has 0 atom stereocenters. The van der Waals surface area contributed by atoms with Gasteiger partial charge in [0.05, 0.1) is 17.8 Å². The van der Waals surface area contributed by atoms with Crippen molar-refractivity contribution in [3.63, 3.8) is 0 Å². The van der Waals surface area contributed by atoms with Crippen molar-refractivity contribution in [2.75, 3.05) is 33.0 Å². The topological polar surface area (TPSA) is 67.8 Å². The van der Waals surface area contributed by atoms with Gasteiger partial charge in [0.1, 0.15) is 5.01 Å². The highest BCUT2D eigenvalue weighted by Crippen LogP contribution is 2.32. The minimum atomic E-state index is 0.135. The Bertz CT molecular complexity index is 1030. The van der Waals surface area contributed by atoms with Crippen LogP contribution in [0.5, 0.6) is 11.5 Å². The largest absolute Gasteiger partial charge is 0.454 e. The molecule has 0 bridgehead atoms. The monoisotopic (exact) mass is 422 g/mol. The molecular weight excluding hydrogens is 400 g/mol. The summed E-state index contributed by atoms with van der Waals surface area (Å²) >= 11 is 1.53. The van der Waals surface area contributed by atoms with E-state index < -0.39 is 0 Å². The second-order valence-electron chi connectivity index (χ2n) is 7.38. The van der Waals surface area contributed by atoms with Gasteiger partial charge in [0, 0.05) is 44.3 Å². The van der Waals surface area contributed by atoms with E-state index in [0.29, 0.717) is 13.2 Å². The van der Waals surface area contributed by atoms with Crippen LogP contribution in [-0.4, -0.2) is 58.6 Å². The number of carbonyl (C=O) groups is 1. The predicted octanol–water partition coefficient (Wildman–Crippen LogP) is 2.82. The fourth-order valence-corrected chi connectivity index (χ4v) is 4.51. The van der Waals surface area contributed by atoms with E-state index >= 15 is 0 Å². The Morgan fingerprint density at radius 2 is 1.93 bits per heavy atom. The van der Waals surface area contributed by atoms with Crippen LogP contribution in [0.4, 0.5) is 0 Å². The van der Waals surface area contributed by atoms with Crippen molar-refractivity contribution < 1.29 is 14.3 Å². The van der Waals surface area contributed by atoms with E-state index in [2.05, 4.69) is 20.9 Å². The van der Waals surface area contributed by atoms with E-state index in [1.807, 2.05) is 40.6 Å². The van der Waals surface area contributed by atoms with E-state index in [1.54, 1.807) is 6.20 Å². The Hall–Kier alpha value is -2.97. The fraction of sp³-hybridized carbons (Fsp3) is 0.318. The molecule has 3 aromatic rings. The zero-order valence-electron chi connectivity index (χ0n) is 16.5. The molecule has 1 aromatic carbocycles. The number of thiazole rings is 1. The van der Waals surface area contributed by atoms with Gasteiger partial charge in [0.2, 0.25) is 12.7 Å². The number of aromatic nitrogens is 2. The molecule has 2 aliphatic rings. The zero-order valence-corrected chi connectivity index (χ0v) is 17.3. The summed E-state index contributed by atoms with van der Waals surface area (Å²) in [5.74, 6) is 1.76. The lowest BCUT2D eigenvalue weighted by Crippen LogP contribution is -2.48. The van der Waals surface area contributed by atoms with Crippen molar-refractivity contribution in [3.8, 4) is 22.2 Å². The molecule has 2 aliphatic heterocycles. The first-order valence-electron chi connectivity index (χ1n) is 9.99. The van der Waals surface area contributed by atoms with Gasteiger partial charge < -0.3 is 14.4 Å². The van der Waals surface area contributed by atoms with Gasteiger partial charge in [-0.15, -0.1) is 11.3 Å². The van der Waals surface area contributed by atoms with Crippen molar-refractivity contribution >= 4 is 17.2 Å². The molecule has 30 heavy (non-hydrogen) atoms. The summed E-state index contributed by atoms with van der Waals surface area (Å²) in [6.45, 7) is 4.33. The Kier molecular flexibility index (Phi) is 5.33. The number of piperazine rings is 1. The van der Waals surface area contributed by atoms with Crippen LogP contribution in [0, 0.1) is 0 Å². The van der Waals surface area contributed by atoms with Gasteiger partial charge in [-0.2, -0.15) is 0 Å². The van der Waals surface area contributed by atoms with Gasteiger partial charge in [0.25, 0.3) is 0 Å². The number of pyridine rings is 1. The van der Waals surface area contributed by atoms with Crippen molar-refractivity contribution in [1.82, 2.24) is 19.8 Å². The van der Waals surface area contributed by atoms with Crippen molar-refractivity contribution in [1.29, 1.82) is 0 Å². The van der Waals surface area contributed by atoms with Gasteiger partial charge in [-0.25, -0.2) is 4.98 Å². The average molecular weight is 423 g/mol. The van der Waals surface area contributed by atoms with Gasteiger partial charge in [0.15, 0.2) is 11.5 Å². The van der Waals surface area contributed by atoms with Crippen LogP contribution < -0.4 is 9.47 Å². The summed E-state index contributed by atoms with van der Waals surface area (Å²) in [6.07, 6.45) is 2.09. The van der Waals surface area contributed by atoms with Crippen LogP contribution in [0.2, 0.25) is 0 Å². The number of benzene rings is 1. The average Bonchev–Trinajstić information content (AvgIpc) is 3.44. The van der Waals surface area contributed by atoms with Gasteiger partial charge in [-0.3, -0.25) is 14.7 Å². The van der Waals surface area contributed by atoms with E-state index in [4.69, 9.17) is 9.47 Å². The van der Waals surface area contributed by atoms with Crippen molar-refractivity contribution in [2.45, 2.75) is 13.0 Å². The molecule has 5 rings (SSSR count). The first-order chi connectivity index (χ1) is 14.7. The van der Waals surface area contributed by atoms with Crippen LogP contribution in [0.25, 0.3) is 10.7 Å². The summed E-state index contributed by atoms with van der Waals surface area (Å²) in [4.78, 5) is 26.0. The summed E-state index contributed by atoms with van der Waals surface area (Å²) < 4.78 is 10.8. The maximum atomic E-state index is 12.7. The molecular formula is C22H22N4O3S. The molecule has 0 N–H and O–H groups in total. The third-order valence-electron chi connectivity index (χ3n) is 5.34. The molecule has 1 fully saturated rings. The molecule has 0 unspecified atom stereocenters. The molecule has 4 heterocycles. The SMILES string of the molecule is O=C(Cc1csc(-c2ccccn2)n1)N1CCN(Cc2ccc3c(c2)OCO3)CC1. The summed E-state index contributed by atoms with van der Waals surface area (Å²) in [7, 11) is 0. The zero-order chi connectivity index (χ0) is 20.3. The Labute approximate surface area is 178 Å². The lowest BCUT2D eigenvalue weighted by atomic mass is 10.1. The molecule has 0 spiro atoms. The predicted molar refractivity (Wildman–Crippen MR) is 113 cm³/mol. The van der Waals surface area contributed by atoms with E-state index in [9.17, 15) is 4.79 Å². The quantitative estimate of drug-likeness (QED) is 0.630. The Morgan fingerprint density at radius 1 is 1.07 bits per heavy atom. The second-order valence-corrected chi connectivity index (χ2v) is 8.24. The number of rotatable bonds is 5. The first-order valence-corrected chi connectivity index (χ1v) is 10.9. The first kappa shape index (κ1) is 19.0. The van der Waals surface area contributed by atoms with Crippen molar-refractivity contribution in [3.05, 3.63) is 59.2 Å². The van der Waals surface area contributed by atoms with Crippen LogP contribution in [0.15, 0.2) is 48.0 Å². The highest BCUT2D eigenvalue weighted by atomic mass is 32.1. The third kappa shape index (κ3) is 4.15. The maximum absolute atomic E-state index is 12.7. The van der Waals surface area contributed by atoms with E-state index in [-0.39, 0.29) is 5.91 Å². The van der Waals surface area contributed by atoms with Crippen LogP contribution in [0.3, 0.4) is 0 Å². The molecule has 0 aliphatic carbocycles. The molecule has 2 aromatic heterocycles. The second kappa shape index (κ2) is 8.41. The highest BCUT2D eigenvalue weighted by molar-refractivity contribution is 7.13. The number of hydrogen-bond acceptors (Lipinski definition) is 7. The maximum Gasteiger partial charge on any atom is 0.231 e. The number of hydrogen-bond donors (Lipinski definition) is 0. The van der Waals surface area contributed by atoms with Crippen LogP contribution in [0.1, 0.15) is 11.3 Å². The fourth-order valence-electron chi connectivity index (χ4n) is 3.71. The Morgan fingerprint density at radius 3 is 2.77 bits per heavy atom. The summed E-state index contributed by atoms with van der Waals surface area (Å²) in [5.41, 5.74) is 2.86. The molecule has 0 radical (unpaired) electrons. The number of nitrogens with zero attached hydrogens (tertiary/aromatic N) is 4. The summed E-state index contributed by atoms with van der Waals surface area (Å²) in [6, 6.07) is 11.8.